The van der Waals surface area contributed by atoms with Gasteiger partial charge in [0.25, 0.3) is 0 Å². The number of pyridine rings is 1. The first-order valence-electron chi connectivity index (χ1n) is 5.53. The highest BCUT2D eigenvalue weighted by Gasteiger charge is 2.16. The molecule has 1 aromatic carbocycles. The molecule has 0 spiro atoms. The van der Waals surface area contributed by atoms with E-state index in [1.165, 1.54) is 24.3 Å². The predicted molar refractivity (Wildman–Crippen MR) is 69.1 cm³/mol. The Hall–Kier alpha value is -2.96. The van der Waals surface area contributed by atoms with E-state index in [-0.39, 0.29) is 10.9 Å². The summed E-state index contributed by atoms with van der Waals surface area (Å²) in [5.74, 6) is -2.73. The van der Waals surface area contributed by atoms with Crippen molar-refractivity contribution >= 4 is 22.8 Å². The molecule has 0 aliphatic heterocycles. The molecule has 0 fully saturated rings. The fraction of sp³-hybridized carbons (Fsp3) is 0.0769. The first kappa shape index (κ1) is 13.5. The zero-order valence-electron chi connectivity index (χ0n) is 10.1. The van der Waals surface area contributed by atoms with Crippen LogP contribution in [0.3, 0.4) is 0 Å². The maximum atomic E-state index is 12.0. The van der Waals surface area contributed by atoms with E-state index in [0.29, 0.717) is 0 Å². The second kappa shape index (κ2) is 4.96. The molecule has 0 bridgehead atoms. The Balaban J connectivity index is 3.04. The van der Waals surface area contributed by atoms with Crippen molar-refractivity contribution in [2.75, 3.05) is 0 Å². The van der Waals surface area contributed by atoms with Crippen molar-refractivity contribution in [3.63, 3.8) is 0 Å². The van der Waals surface area contributed by atoms with Crippen LogP contribution < -0.4 is 10.9 Å². The molecule has 0 aliphatic carbocycles. The van der Waals surface area contributed by atoms with Gasteiger partial charge in [0.2, 0.25) is 10.9 Å². The molecule has 20 heavy (non-hydrogen) atoms. The number of hydrogen-bond donors (Lipinski definition) is 2. The number of rotatable bonds is 3. The normalized spacial score (nSPS) is 10.4. The Kier molecular flexibility index (Phi) is 3.34. The number of fused-ring (bicyclic) bond motifs is 1. The maximum Gasteiger partial charge on any atom is 0.341 e. The average molecular weight is 275 g/mol. The van der Waals surface area contributed by atoms with Gasteiger partial charge in [-0.05, 0) is 12.1 Å². The van der Waals surface area contributed by atoms with Crippen molar-refractivity contribution in [1.82, 2.24) is 4.57 Å². The summed E-state index contributed by atoms with van der Waals surface area (Å²) in [5, 5.41) is 17.7. The highest BCUT2D eigenvalue weighted by Crippen LogP contribution is 2.07. The molecule has 0 saturated carbocycles. The van der Waals surface area contributed by atoms with E-state index in [1.807, 2.05) is 0 Å². The molecule has 2 N–H and O–H groups in total. The Labute approximate surface area is 111 Å². The minimum absolute atomic E-state index is 0.124. The molecular formula is C13H9NO6. The van der Waals surface area contributed by atoms with E-state index < -0.39 is 34.9 Å². The van der Waals surface area contributed by atoms with Gasteiger partial charge in [0.05, 0.1) is 5.39 Å². The fourth-order valence-corrected chi connectivity index (χ4v) is 1.91. The summed E-state index contributed by atoms with van der Waals surface area (Å²) in [6.45, 7) is -0.615. The molecule has 0 radical (unpaired) electrons. The van der Waals surface area contributed by atoms with Crippen LogP contribution in [0.15, 0.2) is 40.1 Å². The minimum atomic E-state index is -1.48. The van der Waals surface area contributed by atoms with Crippen LogP contribution in [-0.2, 0) is 11.3 Å². The quantitative estimate of drug-likeness (QED) is 0.823. The van der Waals surface area contributed by atoms with Gasteiger partial charge in [-0.3, -0.25) is 14.4 Å². The van der Waals surface area contributed by atoms with E-state index >= 15 is 0 Å². The molecule has 7 heteroatoms. The highest BCUT2D eigenvalue weighted by atomic mass is 16.4. The zero-order chi connectivity index (χ0) is 14.9. The van der Waals surface area contributed by atoms with Gasteiger partial charge in [-0.15, -0.1) is 0 Å². The summed E-state index contributed by atoms with van der Waals surface area (Å²) in [4.78, 5) is 45.8. The van der Waals surface area contributed by atoms with Crippen molar-refractivity contribution in [2.24, 2.45) is 0 Å². The number of carboxylic acid groups (broad SMARTS) is 2. The summed E-state index contributed by atoms with van der Waals surface area (Å²) in [6, 6.07) is 5.29. The van der Waals surface area contributed by atoms with Crippen LogP contribution in [0.1, 0.15) is 10.4 Å². The van der Waals surface area contributed by atoms with Crippen molar-refractivity contribution in [3.05, 3.63) is 56.5 Å². The molecule has 0 aliphatic rings. The molecule has 0 amide bonds. The Morgan fingerprint density at radius 3 is 2.35 bits per heavy atom. The SMILES string of the molecule is O=C(O)Cn1cc(C(=O)O)c(=O)c2ccccc(=O)c21. The summed E-state index contributed by atoms with van der Waals surface area (Å²) in [7, 11) is 0. The van der Waals surface area contributed by atoms with E-state index in [4.69, 9.17) is 10.2 Å². The molecular weight excluding hydrogens is 266 g/mol. The summed E-state index contributed by atoms with van der Waals surface area (Å²) in [6.07, 6.45) is 0.878. The number of aliphatic carboxylic acids is 1. The third-order valence-electron chi connectivity index (χ3n) is 2.71. The van der Waals surface area contributed by atoms with Crippen molar-refractivity contribution in [1.29, 1.82) is 0 Å². The third kappa shape index (κ3) is 2.28. The fourth-order valence-electron chi connectivity index (χ4n) is 1.91. The third-order valence-corrected chi connectivity index (χ3v) is 2.71. The lowest BCUT2D eigenvalue weighted by Crippen LogP contribution is -2.23. The molecule has 1 aromatic heterocycles. The van der Waals surface area contributed by atoms with Crippen molar-refractivity contribution < 1.29 is 19.8 Å². The monoisotopic (exact) mass is 275 g/mol. The number of aromatic nitrogens is 1. The summed E-state index contributed by atoms with van der Waals surface area (Å²) < 4.78 is 0.963. The van der Waals surface area contributed by atoms with Crippen LogP contribution >= 0.6 is 0 Å². The lowest BCUT2D eigenvalue weighted by molar-refractivity contribution is -0.137. The Morgan fingerprint density at radius 1 is 1.10 bits per heavy atom. The summed E-state index contributed by atoms with van der Waals surface area (Å²) >= 11 is 0. The van der Waals surface area contributed by atoms with Gasteiger partial charge in [0.1, 0.15) is 17.6 Å². The van der Waals surface area contributed by atoms with E-state index in [9.17, 15) is 19.2 Å². The first-order chi connectivity index (χ1) is 9.41. The van der Waals surface area contributed by atoms with Crippen LogP contribution in [0, 0.1) is 0 Å². The smallest absolute Gasteiger partial charge is 0.341 e. The lowest BCUT2D eigenvalue weighted by Gasteiger charge is -2.07. The lowest BCUT2D eigenvalue weighted by atomic mass is 10.2. The molecule has 0 unspecified atom stereocenters. The van der Waals surface area contributed by atoms with Gasteiger partial charge in [0.15, 0.2) is 0 Å². The molecule has 2 rings (SSSR count). The molecule has 0 saturated heterocycles. The maximum absolute atomic E-state index is 12.0. The number of aromatic carboxylic acids is 1. The zero-order valence-corrected chi connectivity index (χ0v) is 10.1. The number of carbonyl (C=O) groups is 2. The van der Waals surface area contributed by atoms with Gasteiger partial charge in [-0.1, -0.05) is 12.1 Å². The number of nitrogens with zero attached hydrogens (tertiary/aromatic N) is 1. The van der Waals surface area contributed by atoms with Crippen LogP contribution in [0.5, 0.6) is 0 Å². The van der Waals surface area contributed by atoms with Gasteiger partial charge in [-0.25, -0.2) is 4.79 Å². The molecule has 7 nitrogen and oxygen atoms in total. The molecule has 102 valence electrons. The second-order valence-corrected chi connectivity index (χ2v) is 4.04. The number of hydrogen-bond acceptors (Lipinski definition) is 4. The first-order valence-corrected chi connectivity index (χ1v) is 5.53. The van der Waals surface area contributed by atoms with Crippen molar-refractivity contribution in [2.45, 2.75) is 6.54 Å². The van der Waals surface area contributed by atoms with Crippen LogP contribution in [-0.4, -0.2) is 26.7 Å². The topological polar surface area (TPSA) is 114 Å². The largest absolute Gasteiger partial charge is 0.480 e. The van der Waals surface area contributed by atoms with Gasteiger partial charge < -0.3 is 14.8 Å². The van der Waals surface area contributed by atoms with E-state index in [2.05, 4.69) is 0 Å². The Morgan fingerprint density at radius 2 is 1.75 bits per heavy atom. The van der Waals surface area contributed by atoms with E-state index in [1.54, 1.807) is 0 Å². The molecule has 2 aromatic rings. The van der Waals surface area contributed by atoms with Gasteiger partial charge in [-0.2, -0.15) is 0 Å². The summed E-state index contributed by atoms with van der Waals surface area (Å²) in [5.41, 5.74) is -2.08. The van der Waals surface area contributed by atoms with Crippen LogP contribution in [0.2, 0.25) is 0 Å². The minimum Gasteiger partial charge on any atom is -0.480 e. The van der Waals surface area contributed by atoms with Gasteiger partial charge in [0, 0.05) is 6.20 Å². The van der Waals surface area contributed by atoms with Crippen LogP contribution in [0.25, 0.3) is 10.9 Å². The second-order valence-electron chi connectivity index (χ2n) is 4.04. The van der Waals surface area contributed by atoms with Gasteiger partial charge >= 0.3 is 11.9 Å². The molecule has 0 atom stereocenters. The number of carboxylic acids is 2. The van der Waals surface area contributed by atoms with E-state index in [0.717, 1.165) is 10.8 Å². The van der Waals surface area contributed by atoms with Crippen LogP contribution in [0.4, 0.5) is 0 Å². The average Bonchev–Trinajstić information content (AvgIpc) is 2.54. The predicted octanol–water partition coefficient (Wildman–Crippen LogP) is 0.144. The Bertz CT molecular complexity index is 836. The molecule has 1 heterocycles. The highest BCUT2D eigenvalue weighted by molar-refractivity contribution is 5.92. The standard InChI is InChI=1S/C13H9NO6/c15-9-4-2-1-3-7-11(9)14(6-10(16)17)5-8(12(7)18)13(19)20/h1-5H,6H2,(H,16,17)(H,19,20). The van der Waals surface area contributed by atoms with Crippen molar-refractivity contribution in [3.8, 4) is 0 Å².